The van der Waals surface area contributed by atoms with Gasteiger partial charge in [-0.3, -0.25) is 4.79 Å². The number of para-hydroxylation sites is 2. The van der Waals surface area contributed by atoms with Gasteiger partial charge in [0.2, 0.25) is 5.91 Å². The summed E-state index contributed by atoms with van der Waals surface area (Å²) in [5, 5.41) is 0. The first-order chi connectivity index (χ1) is 15.1. The summed E-state index contributed by atoms with van der Waals surface area (Å²) in [6.07, 6.45) is 0.461. The van der Waals surface area contributed by atoms with Gasteiger partial charge in [0.05, 0.1) is 18.1 Å². The largest absolute Gasteiger partial charge is 0.497 e. The van der Waals surface area contributed by atoms with Crippen molar-refractivity contribution in [2.75, 3.05) is 18.6 Å². The van der Waals surface area contributed by atoms with Gasteiger partial charge in [0.25, 0.3) is 0 Å². The minimum Gasteiger partial charge on any atom is -0.497 e. The maximum Gasteiger partial charge on any atom is 0.227 e. The van der Waals surface area contributed by atoms with Gasteiger partial charge < -0.3 is 14.2 Å². The number of anilines is 1. The van der Waals surface area contributed by atoms with Gasteiger partial charge in [-0.1, -0.05) is 42.0 Å². The highest BCUT2D eigenvalue weighted by molar-refractivity contribution is 5.96. The van der Waals surface area contributed by atoms with Crippen molar-refractivity contribution >= 4 is 22.6 Å². The van der Waals surface area contributed by atoms with Gasteiger partial charge in [-0.05, 0) is 48.9 Å². The maximum absolute atomic E-state index is 12.9. The number of ether oxygens (including phenoxy) is 1. The van der Waals surface area contributed by atoms with E-state index in [2.05, 4.69) is 41.8 Å². The normalized spacial score (nSPS) is 16.3. The molecule has 0 bridgehead atoms. The molecule has 3 aromatic carbocycles. The quantitative estimate of drug-likeness (QED) is 0.468. The second kappa shape index (κ2) is 7.91. The molecule has 2 heterocycles. The molecule has 5 rings (SSSR count). The Balaban J connectivity index is 1.50. The Bertz CT molecular complexity index is 1240. The number of nitrogens with zero attached hydrogens (tertiary/aromatic N) is 3. The van der Waals surface area contributed by atoms with Crippen LogP contribution in [0.15, 0.2) is 72.8 Å². The number of aryl methyl sites for hydroxylation is 1. The molecule has 4 aromatic rings. The monoisotopic (exact) mass is 411 g/mol. The lowest BCUT2D eigenvalue weighted by Crippen LogP contribution is -2.24. The van der Waals surface area contributed by atoms with E-state index in [4.69, 9.17) is 9.72 Å². The number of aromatic nitrogens is 2. The molecule has 0 unspecified atom stereocenters. The average Bonchev–Trinajstić information content (AvgIpc) is 3.35. The van der Waals surface area contributed by atoms with Gasteiger partial charge >= 0.3 is 0 Å². The van der Waals surface area contributed by atoms with Crippen molar-refractivity contribution in [2.24, 2.45) is 0 Å². The molecule has 0 spiro atoms. The third-order valence-corrected chi connectivity index (χ3v) is 5.98. The summed E-state index contributed by atoms with van der Waals surface area (Å²) < 4.78 is 7.52. The third kappa shape index (κ3) is 3.67. The summed E-state index contributed by atoms with van der Waals surface area (Å²) in [5.74, 6) is 1.94. The minimum atomic E-state index is 0.0480. The highest BCUT2D eigenvalue weighted by Crippen LogP contribution is 2.34. The van der Waals surface area contributed by atoms with Gasteiger partial charge in [-0.25, -0.2) is 4.98 Å². The van der Waals surface area contributed by atoms with Crippen LogP contribution in [0.4, 0.5) is 5.69 Å². The Morgan fingerprint density at radius 3 is 2.61 bits per heavy atom. The molecular weight excluding hydrogens is 386 g/mol. The Kier molecular flexibility index (Phi) is 4.94. The predicted molar refractivity (Wildman–Crippen MR) is 123 cm³/mol. The average molecular weight is 412 g/mol. The number of carbonyl (C=O) groups is 1. The summed E-state index contributed by atoms with van der Waals surface area (Å²) in [6.45, 7) is 3.48. The number of hydrogen-bond donors (Lipinski definition) is 0. The fourth-order valence-corrected chi connectivity index (χ4v) is 4.46. The molecule has 0 radical (unpaired) electrons. The summed E-state index contributed by atoms with van der Waals surface area (Å²) >= 11 is 0. The third-order valence-electron chi connectivity index (χ3n) is 5.98. The van der Waals surface area contributed by atoms with Crippen LogP contribution in [0.3, 0.4) is 0 Å². The number of methoxy groups -OCH3 is 1. The Morgan fingerprint density at radius 1 is 1.03 bits per heavy atom. The molecule has 1 aromatic heterocycles. The molecule has 31 heavy (non-hydrogen) atoms. The van der Waals surface area contributed by atoms with E-state index in [9.17, 15) is 4.79 Å². The zero-order valence-corrected chi connectivity index (χ0v) is 17.8. The molecule has 1 atom stereocenters. The Labute approximate surface area is 181 Å². The summed E-state index contributed by atoms with van der Waals surface area (Å²) in [5.41, 5.74) is 5.45. The van der Waals surface area contributed by atoms with Crippen molar-refractivity contribution in [3.05, 3.63) is 89.7 Å². The molecular formula is C26H25N3O2. The zero-order valence-electron chi connectivity index (χ0n) is 17.8. The SMILES string of the molecule is COc1ccc(N2C[C@H](c3nc4ccccc4n3Cc3cccc(C)c3)CC2=O)cc1. The fraction of sp³-hybridized carbons (Fsp3) is 0.231. The smallest absolute Gasteiger partial charge is 0.227 e. The highest BCUT2D eigenvalue weighted by Gasteiger charge is 2.34. The number of rotatable bonds is 5. The fourth-order valence-electron chi connectivity index (χ4n) is 4.46. The van der Waals surface area contributed by atoms with Crippen LogP contribution in [0.1, 0.15) is 29.3 Å². The molecule has 1 saturated heterocycles. The predicted octanol–water partition coefficient (Wildman–Crippen LogP) is 4.92. The number of imidazole rings is 1. The minimum absolute atomic E-state index is 0.0480. The van der Waals surface area contributed by atoms with Gasteiger partial charge in [0.1, 0.15) is 11.6 Å². The van der Waals surface area contributed by atoms with E-state index in [1.54, 1.807) is 7.11 Å². The molecule has 156 valence electrons. The lowest BCUT2D eigenvalue weighted by atomic mass is 10.1. The van der Waals surface area contributed by atoms with Crippen LogP contribution >= 0.6 is 0 Å². The Hall–Kier alpha value is -3.60. The van der Waals surface area contributed by atoms with Gasteiger partial charge in [-0.2, -0.15) is 0 Å². The maximum atomic E-state index is 12.9. The lowest BCUT2D eigenvalue weighted by molar-refractivity contribution is -0.117. The Morgan fingerprint density at radius 2 is 1.84 bits per heavy atom. The van der Waals surface area contributed by atoms with Crippen molar-refractivity contribution < 1.29 is 9.53 Å². The molecule has 5 nitrogen and oxygen atoms in total. The molecule has 0 N–H and O–H groups in total. The van der Waals surface area contributed by atoms with E-state index in [0.29, 0.717) is 13.0 Å². The molecule has 1 fully saturated rings. The van der Waals surface area contributed by atoms with Crippen LogP contribution in [0.5, 0.6) is 5.75 Å². The lowest BCUT2D eigenvalue weighted by Gasteiger charge is -2.18. The second-order valence-electron chi connectivity index (χ2n) is 8.14. The van der Waals surface area contributed by atoms with Crippen LogP contribution in [0, 0.1) is 6.92 Å². The van der Waals surface area contributed by atoms with E-state index < -0.39 is 0 Å². The van der Waals surface area contributed by atoms with Gasteiger partial charge in [0.15, 0.2) is 0 Å². The molecule has 0 saturated carbocycles. The van der Waals surface area contributed by atoms with E-state index >= 15 is 0 Å². The first-order valence-electron chi connectivity index (χ1n) is 10.6. The summed E-state index contributed by atoms with van der Waals surface area (Å²) in [7, 11) is 1.64. The first kappa shape index (κ1) is 19.4. The van der Waals surface area contributed by atoms with Crippen LogP contribution in [-0.4, -0.2) is 29.1 Å². The van der Waals surface area contributed by atoms with E-state index in [0.717, 1.165) is 34.8 Å². The standard InChI is InChI=1S/C26H25N3O2/c1-18-6-5-7-19(14-18)16-29-24-9-4-3-8-23(24)27-26(29)20-15-25(30)28(17-20)21-10-12-22(31-2)13-11-21/h3-14,20H,15-17H2,1-2H3/t20-/m1/s1. The van der Waals surface area contributed by atoms with Crippen molar-refractivity contribution in [1.82, 2.24) is 9.55 Å². The molecule has 0 aliphatic carbocycles. The summed E-state index contributed by atoms with van der Waals surface area (Å²) in [6, 6.07) is 24.4. The van der Waals surface area contributed by atoms with Crippen molar-refractivity contribution in [2.45, 2.75) is 25.8 Å². The number of hydrogen-bond acceptors (Lipinski definition) is 3. The van der Waals surface area contributed by atoms with Gasteiger partial charge in [-0.15, -0.1) is 0 Å². The van der Waals surface area contributed by atoms with Crippen LogP contribution in [0.2, 0.25) is 0 Å². The van der Waals surface area contributed by atoms with Crippen LogP contribution < -0.4 is 9.64 Å². The highest BCUT2D eigenvalue weighted by atomic mass is 16.5. The molecule has 1 amide bonds. The summed E-state index contributed by atoms with van der Waals surface area (Å²) in [4.78, 5) is 19.7. The zero-order chi connectivity index (χ0) is 21.4. The molecule has 1 aliphatic rings. The van der Waals surface area contributed by atoms with E-state index in [1.807, 2.05) is 47.4 Å². The van der Waals surface area contributed by atoms with E-state index in [1.165, 1.54) is 11.1 Å². The van der Waals surface area contributed by atoms with Crippen LogP contribution in [-0.2, 0) is 11.3 Å². The van der Waals surface area contributed by atoms with E-state index in [-0.39, 0.29) is 11.8 Å². The number of amides is 1. The number of fused-ring (bicyclic) bond motifs is 1. The topological polar surface area (TPSA) is 47.4 Å². The van der Waals surface area contributed by atoms with Crippen LogP contribution in [0.25, 0.3) is 11.0 Å². The molecule has 1 aliphatic heterocycles. The number of carbonyl (C=O) groups excluding carboxylic acids is 1. The second-order valence-corrected chi connectivity index (χ2v) is 8.14. The van der Waals surface area contributed by atoms with Crippen molar-refractivity contribution in [3.63, 3.8) is 0 Å². The van der Waals surface area contributed by atoms with Gasteiger partial charge in [0, 0.05) is 31.1 Å². The number of benzene rings is 3. The first-order valence-corrected chi connectivity index (χ1v) is 10.6. The molecule has 5 heteroatoms. The van der Waals surface area contributed by atoms with Crippen molar-refractivity contribution in [3.8, 4) is 5.75 Å². The van der Waals surface area contributed by atoms with Crippen molar-refractivity contribution in [1.29, 1.82) is 0 Å².